The first-order chi connectivity index (χ1) is 14.6. The first kappa shape index (κ1) is 20.5. The lowest BCUT2D eigenvalue weighted by Gasteiger charge is -2.26. The summed E-state index contributed by atoms with van der Waals surface area (Å²) in [5, 5.41) is 8.58. The summed E-state index contributed by atoms with van der Waals surface area (Å²) in [6.07, 6.45) is 3.91. The maximum atomic E-state index is 6.69. The van der Waals surface area contributed by atoms with Gasteiger partial charge in [-0.2, -0.15) is 0 Å². The summed E-state index contributed by atoms with van der Waals surface area (Å²) in [6.45, 7) is 8.25. The van der Waals surface area contributed by atoms with Crippen LogP contribution < -0.4 is 21.0 Å². The van der Waals surface area contributed by atoms with Crippen molar-refractivity contribution >= 4 is 50.6 Å². The Morgan fingerprint density at radius 3 is 2.27 bits per heavy atom. The summed E-state index contributed by atoms with van der Waals surface area (Å²) in [6, 6.07) is 30.1. The van der Waals surface area contributed by atoms with Gasteiger partial charge in [-0.05, 0) is 45.7 Å². The number of hydrogen-bond donors (Lipinski definition) is 0. The summed E-state index contributed by atoms with van der Waals surface area (Å²) in [4.78, 5) is 0. The van der Waals surface area contributed by atoms with Gasteiger partial charge in [-0.3, -0.25) is 0 Å². The molecule has 4 aromatic carbocycles. The largest absolute Gasteiger partial charge is 0.0990 e. The van der Waals surface area contributed by atoms with Crippen LogP contribution in [0.4, 0.5) is 0 Å². The highest BCUT2D eigenvalue weighted by Crippen LogP contribution is 2.53. The highest BCUT2D eigenvalue weighted by molar-refractivity contribution is 8.26. The molecule has 0 saturated heterocycles. The zero-order valence-corrected chi connectivity index (χ0v) is 19.1. The normalized spacial score (nSPS) is 14.9. The van der Waals surface area contributed by atoms with E-state index in [-0.39, 0.29) is 0 Å². The molecule has 0 fully saturated rings. The summed E-state index contributed by atoms with van der Waals surface area (Å²) in [5.74, 6) is 0. The first-order valence-corrected chi connectivity index (χ1v) is 12.9. The molecule has 30 heavy (non-hydrogen) atoms. The maximum Gasteiger partial charge on any atom is 0.0350 e. The van der Waals surface area contributed by atoms with Crippen molar-refractivity contribution in [2.24, 2.45) is 0 Å². The smallest absolute Gasteiger partial charge is 0.0350 e. The lowest BCUT2D eigenvalue weighted by Crippen LogP contribution is -2.29. The Hall–Kier alpha value is -2.73. The van der Waals surface area contributed by atoms with Crippen LogP contribution in [-0.2, 0) is 11.8 Å². The molecule has 0 N–H and O–H groups in total. The van der Waals surface area contributed by atoms with Gasteiger partial charge in [0.1, 0.15) is 0 Å². The third-order valence-electron chi connectivity index (χ3n) is 5.62. The van der Waals surface area contributed by atoms with Crippen LogP contribution >= 0.6 is 6.04 Å². The van der Waals surface area contributed by atoms with Crippen molar-refractivity contribution in [3.05, 3.63) is 120 Å². The Balaban J connectivity index is 2.18. The molecule has 4 rings (SSSR count). The van der Waals surface area contributed by atoms with Gasteiger partial charge in [0.05, 0.1) is 0 Å². The van der Waals surface area contributed by atoms with E-state index in [0.29, 0.717) is 0 Å². The fourth-order valence-electron chi connectivity index (χ4n) is 4.02. The van der Waals surface area contributed by atoms with E-state index in [1.165, 1.54) is 37.5 Å². The second kappa shape index (κ2) is 8.56. The average molecular weight is 425 g/mol. The number of fused-ring (bicyclic) bond motifs is 1. The topological polar surface area (TPSA) is 0 Å². The van der Waals surface area contributed by atoms with E-state index in [1.807, 2.05) is 6.08 Å². The molecule has 0 aliphatic heterocycles. The minimum absolute atomic E-state index is 1.16. The van der Waals surface area contributed by atoms with Crippen molar-refractivity contribution in [2.75, 3.05) is 0 Å². The lowest BCUT2D eigenvalue weighted by molar-refractivity contribution is 1.49. The van der Waals surface area contributed by atoms with Crippen molar-refractivity contribution in [1.82, 2.24) is 0 Å². The monoisotopic (exact) mass is 424 g/mol. The highest BCUT2D eigenvalue weighted by Gasteiger charge is 2.27. The Bertz CT molecular complexity index is 1390. The van der Waals surface area contributed by atoms with Crippen molar-refractivity contribution < 1.29 is 0 Å². The predicted molar refractivity (Wildman–Crippen MR) is 138 cm³/mol. The third-order valence-corrected chi connectivity index (χ3v) is 10.9. The predicted octanol–water partition coefficient (Wildman–Crippen LogP) is 5.37. The molecule has 4 aromatic rings. The quantitative estimate of drug-likeness (QED) is 0.397. The second-order valence-corrected chi connectivity index (χ2v) is 12.0. The van der Waals surface area contributed by atoms with E-state index in [2.05, 4.69) is 117 Å². The van der Waals surface area contributed by atoms with Gasteiger partial charge in [-0.1, -0.05) is 127 Å². The molecule has 0 heterocycles. The molecule has 1 atom stereocenters. The van der Waals surface area contributed by atoms with Crippen LogP contribution in [-0.4, -0.2) is 0 Å². The van der Waals surface area contributed by atoms with Gasteiger partial charge in [0.2, 0.25) is 0 Å². The molecule has 0 radical (unpaired) electrons. The van der Waals surface area contributed by atoms with Gasteiger partial charge in [-0.25, -0.2) is 0 Å². The minimum atomic E-state index is -2.26. The average Bonchev–Trinajstić information content (AvgIpc) is 2.79. The molecule has 0 nitrogen and oxygen atoms in total. The Labute approximate surface area is 183 Å². The van der Waals surface area contributed by atoms with E-state index in [9.17, 15) is 0 Å². The van der Waals surface area contributed by atoms with Crippen LogP contribution in [0.1, 0.15) is 12.5 Å². The summed E-state index contributed by atoms with van der Waals surface area (Å²) >= 11 is 6.69. The first-order valence-electron chi connectivity index (χ1n) is 10.1. The third kappa shape index (κ3) is 3.60. The van der Waals surface area contributed by atoms with E-state index in [0.717, 1.165) is 5.22 Å². The van der Waals surface area contributed by atoms with Crippen LogP contribution in [0.15, 0.2) is 104 Å². The standard InChI is InChI=1S/C28H25PS/c1-4-10-23-11-5-7-14-26(23)22(3)29(30,25-19-17-21(2)18-20-25)28-16-9-13-24-12-6-8-15-27(24)28/h4-20H,1H2,2-3H3/b23-10-,26-22+. The van der Waals surface area contributed by atoms with Gasteiger partial charge >= 0.3 is 0 Å². The van der Waals surface area contributed by atoms with Crippen LogP contribution in [0.25, 0.3) is 22.2 Å². The molecular formula is C28H25PS. The fraction of sp³-hybridized carbons (Fsp3) is 0.0714. The summed E-state index contributed by atoms with van der Waals surface area (Å²) in [5.41, 5.74) is 1.25. The number of hydrogen-bond acceptors (Lipinski definition) is 1. The Morgan fingerprint density at radius 1 is 0.833 bits per heavy atom. The molecular weight excluding hydrogens is 399 g/mol. The summed E-state index contributed by atoms with van der Waals surface area (Å²) in [7, 11) is 0. The molecule has 0 aliphatic rings. The molecule has 0 aromatic heterocycles. The van der Waals surface area contributed by atoms with Crippen LogP contribution in [0.3, 0.4) is 0 Å². The van der Waals surface area contributed by atoms with Gasteiger partial charge < -0.3 is 0 Å². The number of benzene rings is 4. The Morgan fingerprint density at radius 2 is 1.50 bits per heavy atom. The van der Waals surface area contributed by atoms with Crippen molar-refractivity contribution in [1.29, 1.82) is 0 Å². The minimum Gasteiger partial charge on any atom is -0.0990 e. The van der Waals surface area contributed by atoms with Crippen molar-refractivity contribution in [3.63, 3.8) is 0 Å². The second-order valence-electron chi connectivity index (χ2n) is 7.52. The molecule has 0 bridgehead atoms. The SMILES string of the molecule is C=C/C=c1/cccc/c1=C(/C)P(=S)(c1ccc(C)cc1)c1cccc2ccccc12. The molecule has 0 aliphatic carbocycles. The number of rotatable bonds is 4. The van der Waals surface area contributed by atoms with E-state index >= 15 is 0 Å². The zero-order valence-electron chi connectivity index (χ0n) is 17.4. The molecule has 1 unspecified atom stereocenters. The summed E-state index contributed by atoms with van der Waals surface area (Å²) < 4.78 is 0. The van der Waals surface area contributed by atoms with Crippen molar-refractivity contribution in [2.45, 2.75) is 13.8 Å². The van der Waals surface area contributed by atoms with Gasteiger partial charge in [0.25, 0.3) is 0 Å². The highest BCUT2D eigenvalue weighted by atomic mass is 32.4. The fourth-order valence-corrected chi connectivity index (χ4v) is 8.13. The molecule has 0 spiro atoms. The van der Waals surface area contributed by atoms with Gasteiger partial charge in [0.15, 0.2) is 0 Å². The van der Waals surface area contributed by atoms with Crippen LogP contribution in [0, 0.1) is 6.92 Å². The van der Waals surface area contributed by atoms with E-state index in [4.69, 9.17) is 11.8 Å². The number of aryl methyl sites for hydroxylation is 1. The molecule has 148 valence electrons. The Kier molecular flexibility index (Phi) is 5.86. The van der Waals surface area contributed by atoms with Crippen LogP contribution in [0.2, 0.25) is 0 Å². The van der Waals surface area contributed by atoms with E-state index < -0.39 is 6.04 Å². The molecule has 0 amide bonds. The lowest BCUT2D eigenvalue weighted by atomic mass is 10.1. The zero-order chi connectivity index (χ0) is 21.1. The maximum absolute atomic E-state index is 6.69. The van der Waals surface area contributed by atoms with E-state index in [1.54, 1.807) is 0 Å². The van der Waals surface area contributed by atoms with Crippen molar-refractivity contribution in [3.8, 4) is 0 Å². The molecule has 2 heteroatoms. The molecule has 0 saturated carbocycles. The van der Waals surface area contributed by atoms with Gasteiger partial charge in [-0.15, -0.1) is 0 Å². The number of allylic oxidation sites excluding steroid dienone is 1. The van der Waals surface area contributed by atoms with Gasteiger partial charge in [0, 0.05) is 11.3 Å². The van der Waals surface area contributed by atoms with Crippen LogP contribution in [0.5, 0.6) is 0 Å².